The molecule has 1 aromatic rings. The Morgan fingerprint density at radius 2 is 2.33 bits per heavy atom. The van der Waals surface area contributed by atoms with Crippen molar-refractivity contribution in [2.24, 2.45) is 11.7 Å². The van der Waals surface area contributed by atoms with Crippen LogP contribution in [0, 0.1) is 0 Å². The largest absolute Gasteiger partial charge is 0.345 e. The van der Waals surface area contributed by atoms with Gasteiger partial charge >= 0.3 is 0 Å². The van der Waals surface area contributed by atoms with Gasteiger partial charge in [-0.05, 0) is 6.08 Å². The topological polar surface area (TPSA) is 80.7 Å². The molecule has 0 aliphatic carbocycles. The molecule has 0 aliphatic heterocycles. The number of H-pyrrole nitrogens is 1. The van der Waals surface area contributed by atoms with E-state index in [2.05, 4.69) is 28.2 Å². The van der Waals surface area contributed by atoms with Crippen LogP contribution >= 0.6 is 0 Å². The molecule has 0 bridgehead atoms. The highest BCUT2D eigenvalue weighted by Crippen LogP contribution is 1.88. The van der Waals surface area contributed by atoms with Gasteiger partial charge in [0.25, 0.3) is 0 Å². The second kappa shape index (κ2) is 5.02. The fraction of sp³-hybridized carbons (Fsp3) is 0. The van der Waals surface area contributed by atoms with E-state index in [4.69, 9.17) is 0 Å². The Kier molecular flexibility index (Phi) is 4.39. The van der Waals surface area contributed by atoms with Gasteiger partial charge in [0, 0.05) is 0 Å². The second-order valence-electron chi connectivity index (χ2n) is 1.21. The van der Waals surface area contributed by atoms with Crippen molar-refractivity contribution in [1.29, 1.82) is 0 Å². The van der Waals surface area contributed by atoms with E-state index in [-0.39, 0.29) is 0 Å². The Hall–Kier alpha value is -1.13. The van der Waals surface area contributed by atoms with Crippen LogP contribution in [0.5, 0.6) is 0 Å². The molecule has 0 unspecified atom stereocenters. The SMILES string of the molecule is C=Cc1cnc[nH]1.NN. The van der Waals surface area contributed by atoms with E-state index in [1.165, 1.54) is 0 Å². The van der Waals surface area contributed by atoms with E-state index in [0.717, 1.165) is 5.69 Å². The summed E-state index contributed by atoms with van der Waals surface area (Å²) in [5.41, 5.74) is 0.958. The summed E-state index contributed by atoms with van der Waals surface area (Å²) < 4.78 is 0. The predicted octanol–water partition coefficient (Wildman–Crippen LogP) is -0.128. The van der Waals surface area contributed by atoms with E-state index in [9.17, 15) is 0 Å². The third kappa shape index (κ3) is 2.63. The van der Waals surface area contributed by atoms with E-state index < -0.39 is 0 Å². The Morgan fingerprint density at radius 3 is 2.56 bits per heavy atom. The van der Waals surface area contributed by atoms with Crippen molar-refractivity contribution in [3.8, 4) is 0 Å². The number of nitrogens with one attached hydrogen (secondary N) is 1. The van der Waals surface area contributed by atoms with E-state index in [1.807, 2.05) is 0 Å². The van der Waals surface area contributed by atoms with Crippen LogP contribution in [0.4, 0.5) is 0 Å². The van der Waals surface area contributed by atoms with Crippen molar-refractivity contribution in [2.75, 3.05) is 0 Å². The maximum atomic E-state index is 4.00. The number of hydrogen-bond acceptors (Lipinski definition) is 3. The van der Waals surface area contributed by atoms with Crippen molar-refractivity contribution in [3.63, 3.8) is 0 Å². The number of hydrazine groups is 1. The average molecular weight is 126 g/mol. The number of aromatic amines is 1. The van der Waals surface area contributed by atoms with Gasteiger partial charge < -0.3 is 4.98 Å². The summed E-state index contributed by atoms with van der Waals surface area (Å²) in [5, 5.41) is 0. The van der Waals surface area contributed by atoms with Gasteiger partial charge in [-0.15, -0.1) is 0 Å². The van der Waals surface area contributed by atoms with Crippen LogP contribution in [0.3, 0.4) is 0 Å². The average Bonchev–Trinajstić information content (AvgIpc) is 2.43. The van der Waals surface area contributed by atoms with Crippen LogP contribution < -0.4 is 11.7 Å². The lowest BCUT2D eigenvalue weighted by molar-refractivity contribution is 1.26. The molecule has 1 heterocycles. The van der Waals surface area contributed by atoms with Crippen LogP contribution in [0.1, 0.15) is 5.69 Å². The van der Waals surface area contributed by atoms with Gasteiger partial charge in [-0.1, -0.05) is 6.58 Å². The fourth-order valence-corrected chi connectivity index (χ4v) is 0.378. The molecule has 5 N–H and O–H groups in total. The van der Waals surface area contributed by atoms with Gasteiger partial charge in [0.05, 0.1) is 18.2 Å². The minimum atomic E-state index is 0.958. The van der Waals surface area contributed by atoms with Crippen LogP contribution in [0.15, 0.2) is 19.1 Å². The summed E-state index contributed by atoms with van der Waals surface area (Å²) in [7, 11) is 0. The molecule has 0 fully saturated rings. The molecule has 4 heteroatoms. The van der Waals surface area contributed by atoms with Gasteiger partial charge in [0.2, 0.25) is 0 Å². The Balaban J connectivity index is 0.000000291. The first-order chi connectivity index (χ1) is 4.43. The van der Waals surface area contributed by atoms with Crippen LogP contribution in [-0.4, -0.2) is 9.97 Å². The molecule has 0 aromatic carbocycles. The molecule has 1 aromatic heterocycles. The minimum Gasteiger partial charge on any atom is -0.345 e. The smallest absolute Gasteiger partial charge is 0.0924 e. The fourth-order valence-electron chi connectivity index (χ4n) is 0.378. The maximum Gasteiger partial charge on any atom is 0.0924 e. The number of nitrogens with two attached hydrogens (primary N) is 2. The van der Waals surface area contributed by atoms with Gasteiger partial charge in [-0.2, -0.15) is 0 Å². The lowest BCUT2D eigenvalue weighted by Gasteiger charge is -1.72. The Bertz CT molecular complexity index is 144. The zero-order valence-electron chi connectivity index (χ0n) is 5.04. The Morgan fingerprint density at radius 1 is 1.67 bits per heavy atom. The summed E-state index contributed by atoms with van der Waals surface area (Å²) in [6.07, 6.45) is 5.05. The van der Waals surface area contributed by atoms with E-state index >= 15 is 0 Å². The summed E-state index contributed by atoms with van der Waals surface area (Å²) in [4.78, 5) is 6.62. The van der Waals surface area contributed by atoms with Crippen molar-refractivity contribution in [3.05, 3.63) is 24.8 Å². The molecule has 9 heavy (non-hydrogen) atoms. The van der Waals surface area contributed by atoms with Crippen molar-refractivity contribution in [2.45, 2.75) is 0 Å². The highest BCUT2D eigenvalue weighted by Gasteiger charge is 1.77. The first kappa shape index (κ1) is 7.87. The molecule has 50 valence electrons. The zero-order chi connectivity index (χ0) is 7.11. The molecule has 0 aliphatic rings. The number of nitrogens with zero attached hydrogens (tertiary/aromatic N) is 1. The molecule has 0 saturated carbocycles. The van der Waals surface area contributed by atoms with E-state index in [1.54, 1.807) is 18.6 Å². The summed E-state index contributed by atoms with van der Waals surface area (Å²) >= 11 is 0. The molecule has 4 nitrogen and oxygen atoms in total. The van der Waals surface area contributed by atoms with Gasteiger partial charge in [-0.3, -0.25) is 11.7 Å². The predicted molar refractivity (Wildman–Crippen MR) is 37.1 cm³/mol. The first-order valence-corrected chi connectivity index (χ1v) is 2.37. The number of aromatic nitrogens is 2. The third-order valence-corrected chi connectivity index (χ3v) is 0.739. The lowest BCUT2D eigenvalue weighted by Crippen LogP contribution is -2.02. The summed E-state index contributed by atoms with van der Waals surface area (Å²) in [6, 6.07) is 0. The van der Waals surface area contributed by atoms with Crippen molar-refractivity contribution in [1.82, 2.24) is 9.97 Å². The van der Waals surface area contributed by atoms with Crippen LogP contribution in [-0.2, 0) is 0 Å². The zero-order valence-corrected chi connectivity index (χ0v) is 5.04. The molecule has 0 radical (unpaired) electrons. The number of hydrogen-bond donors (Lipinski definition) is 3. The van der Waals surface area contributed by atoms with Gasteiger partial charge in [-0.25, -0.2) is 4.98 Å². The van der Waals surface area contributed by atoms with E-state index in [0.29, 0.717) is 0 Å². The number of rotatable bonds is 1. The quantitative estimate of drug-likeness (QED) is 0.362. The van der Waals surface area contributed by atoms with Crippen molar-refractivity contribution >= 4 is 6.08 Å². The lowest BCUT2D eigenvalue weighted by atomic mass is 10.5. The molecule has 0 spiro atoms. The standard InChI is InChI=1S/C5H6N2.H4N2/c1-2-5-3-6-4-7-5;1-2/h2-4H,1H2,(H,6,7);1-2H2. The highest BCUT2D eigenvalue weighted by atomic mass is 15.0. The maximum absolute atomic E-state index is 4.00. The number of imidazole rings is 1. The normalized spacial score (nSPS) is 7.33. The summed E-state index contributed by atoms with van der Waals surface area (Å²) in [6.45, 7) is 3.53. The van der Waals surface area contributed by atoms with Crippen LogP contribution in [0.25, 0.3) is 6.08 Å². The monoisotopic (exact) mass is 126 g/mol. The van der Waals surface area contributed by atoms with Gasteiger partial charge in [0.15, 0.2) is 0 Å². The van der Waals surface area contributed by atoms with Gasteiger partial charge in [0.1, 0.15) is 0 Å². The second-order valence-corrected chi connectivity index (χ2v) is 1.21. The molecule has 0 amide bonds. The third-order valence-electron chi connectivity index (χ3n) is 0.739. The highest BCUT2D eigenvalue weighted by molar-refractivity contribution is 5.38. The van der Waals surface area contributed by atoms with Crippen molar-refractivity contribution < 1.29 is 0 Å². The summed E-state index contributed by atoms with van der Waals surface area (Å²) in [5.74, 6) is 8.00. The Labute approximate surface area is 53.6 Å². The molecule has 1 rings (SSSR count). The first-order valence-electron chi connectivity index (χ1n) is 2.37. The molecule has 0 atom stereocenters. The molecular weight excluding hydrogens is 116 g/mol. The minimum absolute atomic E-state index is 0.958. The van der Waals surface area contributed by atoms with Crippen LogP contribution in [0.2, 0.25) is 0 Å². The molecular formula is C5H10N4. The molecule has 0 saturated heterocycles.